The summed E-state index contributed by atoms with van der Waals surface area (Å²) in [5.41, 5.74) is 8.62. The molecule has 2 heterocycles. The first-order valence-corrected chi connectivity index (χ1v) is 15.8. The monoisotopic (exact) mass is 584 g/mol. The zero-order valence-corrected chi connectivity index (χ0v) is 25.6. The fourth-order valence-electron chi connectivity index (χ4n) is 6.04. The van der Waals surface area contributed by atoms with Gasteiger partial charge in [0.1, 0.15) is 0 Å². The third-order valence-electron chi connectivity index (χ3n) is 8.52. The molecule has 6 rings (SSSR count). The molecule has 2 aliphatic rings. The van der Waals surface area contributed by atoms with Gasteiger partial charge in [0.2, 0.25) is 0 Å². The van der Waals surface area contributed by atoms with Gasteiger partial charge >= 0.3 is 0 Å². The van der Waals surface area contributed by atoms with Gasteiger partial charge in [-0.1, -0.05) is 87.4 Å². The molecule has 6 nitrogen and oxygen atoms in total. The zero-order chi connectivity index (χ0) is 30.5. The quantitative estimate of drug-likeness (QED) is 0.165. The fourth-order valence-corrected chi connectivity index (χ4v) is 6.04. The molecule has 224 valence electrons. The highest BCUT2D eigenvalue weighted by Crippen LogP contribution is 2.46. The van der Waals surface area contributed by atoms with Crippen LogP contribution in [-0.4, -0.2) is 25.2 Å². The SMILES string of the molecule is CCCCc1ccc(NCN2C(=O)/C(=C3/C(=O)N(CNc4ccc(CCCC)cc4)c4ccccc43)c3ccccc32)cc1. The van der Waals surface area contributed by atoms with Gasteiger partial charge in [-0.3, -0.25) is 19.4 Å². The number of hydrogen-bond acceptors (Lipinski definition) is 4. The van der Waals surface area contributed by atoms with Gasteiger partial charge in [0.25, 0.3) is 11.8 Å². The molecule has 0 aromatic heterocycles. The van der Waals surface area contributed by atoms with E-state index in [2.05, 4.69) is 73.0 Å². The fraction of sp³-hybridized carbons (Fsp3) is 0.263. The molecule has 0 saturated carbocycles. The first kappa shape index (κ1) is 29.2. The lowest BCUT2D eigenvalue weighted by Gasteiger charge is -2.19. The van der Waals surface area contributed by atoms with Gasteiger partial charge in [-0.05, 0) is 73.2 Å². The molecule has 0 spiro atoms. The number of para-hydroxylation sites is 2. The van der Waals surface area contributed by atoms with E-state index >= 15 is 0 Å². The predicted octanol–water partition coefficient (Wildman–Crippen LogP) is 8.12. The molecule has 0 unspecified atom stereocenters. The summed E-state index contributed by atoms with van der Waals surface area (Å²) in [7, 11) is 0. The first-order valence-electron chi connectivity index (χ1n) is 15.8. The Labute approximate surface area is 260 Å². The van der Waals surface area contributed by atoms with Crippen molar-refractivity contribution in [2.45, 2.75) is 52.4 Å². The molecule has 0 saturated heterocycles. The van der Waals surface area contributed by atoms with Crippen LogP contribution in [0.3, 0.4) is 0 Å². The maximum Gasteiger partial charge on any atom is 0.261 e. The van der Waals surface area contributed by atoms with E-state index in [1.807, 2.05) is 48.5 Å². The summed E-state index contributed by atoms with van der Waals surface area (Å²) in [4.78, 5) is 31.7. The molecule has 2 amide bonds. The summed E-state index contributed by atoms with van der Waals surface area (Å²) in [5, 5.41) is 6.84. The number of unbranched alkanes of at least 4 members (excludes halogenated alkanes) is 2. The van der Waals surface area contributed by atoms with Gasteiger partial charge in [0, 0.05) is 22.5 Å². The van der Waals surface area contributed by atoms with Gasteiger partial charge < -0.3 is 10.6 Å². The minimum atomic E-state index is -0.172. The zero-order valence-electron chi connectivity index (χ0n) is 25.6. The molecule has 0 bridgehead atoms. The average Bonchev–Trinajstić information content (AvgIpc) is 3.50. The molecule has 4 aromatic carbocycles. The molecule has 0 atom stereocenters. The van der Waals surface area contributed by atoms with Gasteiger partial charge in [-0.15, -0.1) is 0 Å². The normalized spacial score (nSPS) is 15.5. The van der Waals surface area contributed by atoms with Crippen LogP contribution in [0.15, 0.2) is 97.1 Å². The van der Waals surface area contributed by atoms with Crippen LogP contribution in [0.5, 0.6) is 0 Å². The molecule has 6 heteroatoms. The highest BCUT2D eigenvalue weighted by atomic mass is 16.2. The number of anilines is 4. The van der Waals surface area contributed by atoms with Crippen molar-refractivity contribution >= 4 is 45.7 Å². The Bertz CT molecular complexity index is 1550. The molecule has 2 N–H and O–H groups in total. The number of nitrogens with one attached hydrogen (secondary N) is 2. The van der Waals surface area contributed by atoms with E-state index in [1.54, 1.807) is 9.80 Å². The summed E-state index contributed by atoms with van der Waals surface area (Å²) in [6.45, 7) is 5.00. The largest absolute Gasteiger partial charge is 0.367 e. The van der Waals surface area contributed by atoms with Gasteiger partial charge in [-0.2, -0.15) is 0 Å². The van der Waals surface area contributed by atoms with Crippen LogP contribution in [0.1, 0.15) is 61.8 Å². The summed E-state index contributed by atoms with van der Waals surface area (Å²) in [6, 6.07) is 32.3. The van der Waals surface area contributed by atoms with Crippen LogP contribution in [-0.2, 0) is 22.4 Å². The van der Waals surface area contributed by atoms with Crippen molar-refractivity contribution in [2.75, 3.05) is 33.8 Å². The second-order valence-electron chi connectivity index (χ2n) is 11.5. The number of carbonyl (C=O) groups excluding carboxylic acids is 2. The van der Waals surface area contributed by atoms with Crippen molar-refractivity contribution in [3.8, 4) is 0 Å². The minimum absolute atomic E-state index is 0.172. The van der Waals surface area contributed by atoms with Crippen molar-refractivity contribution < 1.29 is 9.59 Å². The van der Waals surface area contributed by atoms with Crippen LogP contribution in [0.2, 0.25) is 0 Å². The molecule has 0 radical (unpaired) electrons. The standard InChI is InChI=1S/C38H40N4O2/c1-3-5-11-27-17-21-29(22-18-27)39-25-41-33-15-9-7-13-31(33)35(37(41)43)36-32-14-8-10-16-34(32)42(38(36)44)26-40-30-23-19-28(20-24-30)12-6-4-2/h7-10,13-24,39-40H,3-6,11-12,25-26H2,1-2H3/b36-35+. The van der Waals surface area contributed by atoms with Crippen LogP contribution in [0.4, 0.5) is 22.7 Å². The number of hydrogen-bond donors (Lipinski definition) is 2. The number of benzene rings is 4. The maximum absolute atomic E-state index is 14.1. The van der Waals surface area contributed by atoms with Crippen molar-refractivity contribution in [3.05, 3.63) is 119 Å². The summed E-state index contributed by atoms with van der Waals surface area (Å²) in [6.07, 6.45) is 6.82. The Kier molecular flexibility index (Phi) is 8.78. The third kappa shape index (κ3) is 5.85. The van der Waals surface area contributed by atoms with Crippen molar-refractivity contribution in [1.29, 1.82) is 0 Å². The summed E-state index contributed by atoms with van der Waals surface area (Å²) in [5.74, 6) is -0.345. The number of rotatable bonds is 12. The Hall–Kier alpha value is -4.84. The van der Waals surface area contributed by atoms with Gasteiger partial charge in [-0.25, -0.2) is 0 Å². The van der Waals surface area contributed by atoms with E-state index in [-0.39, 0.29) is 11.8 Å². The lowest BCUT2D eigenvalue weighted by molar-refractivity contribution is -0.114. The lowest BCUT2D eigenvalue weighted by Crippen LogP contribution is -2.34. The number of amides is 2. The van der Waals surface area contributed by atoms with E-state index in [9.17, 15) is 9.59 Å². The second-order valence-corrected chi connectivity index (χ2v) is 11.5. The molecule has 44 heavy (non-hydrogen) atoms. The molecule has 0 fully saturated rings. The highest BCUT2D eigenvalue weighted by Gasteiger charge is 2.41. The number of fused-ring (bicyclic) bond motifs is 2. The lowest BCUT2D eigenvalue weighted by atomic mass is 9.96. The Balaban J connectivity index is 1.25. The predicted molar refractivity (Wildman–Crippen MR) is 182 cm³/mol. The van der Waals surface area contributed by atoms with E-state index < -0.39 is 0 Å². The number of aryl methyl sites for hydroxylation is 2. The maximum atomic E-state index is 14.1. The van der Waals surface area contributed by atoms with Crippen molar-refractivity contribution in [2.24, 2.45) is 0 Å². The van der Waals surface area contributed by atoms with Gasteiger partial charge in [0.15, 0.2) is 0 Å². The van der Waals surface area contributed by atoms with E-state index in [0.29, 0.717) is 24.5 Å². The van der Waals surface area contributed by atoms with Crippen LogP contribution in [0, 0.1) is 0 Å². The first-order chi connectivity index (χ1) is 21.6. The van der Waals surface area contributed by atoms with Crippen LogP contribution < -0.4 is 20.4 Å². The molecule has 4 aromatic rings. The van der Waals surface area contributed by atoms with Crippen molar-refractivity contribution in [3.63, 3.8) is 0 Å². The number of nitrogens with zero attached hydrogens (tertiary/aromatic N) is 2. The summed E-state index contributed by atoms with van der Waals surface area (Å²) >= 11 is 0. The van der Waals surface area contributed by atoms with Crippen LogP contribution in [0.25, 0.3) is 11.1 Å². The molecule has 2 aliphatic heterocycles. The smallest absolute Gasteiger partial charge is 0.261 e. The highest BCUT2D eigenvalue weighted by molar-refractivity contribution is 6.49. The second kappa shape index (κ2) is 13.2. The van der Waals surface area contributed by atoms with Gasteiger partial charge in [0.05, 0.1) is 35.9 Å². The third-order valence-corrected chi connectivity index (χ3v) is 8.52. The topological polar surface area (TPSA) is 64.7 Å². The van der Waals surface area contributed by atoms with Crippen molar-refractivity contribution in [1.82, 2.24) is 0 Å². The molecular weight excluding hydrogens is 544 g/mol. The van der Waals surface area contributed by atoms with E-state index in [0.717, 1.165) is 46.7 Å². The number of carbonyl (C=O) groups is 2. The average molecular weight is 585 g/mol. The Morgan fingerprint density at radius 2 is 0.909 bits per heavy atom. The van der Waals surface area contributed by atoms with Crippen LogP contribution >= 0.6 is 0 Å². The Morgan fingerprint density at radius 3 is 1.30 bits per heavy atom. The Morgan fingerprint density at radius 1 is 0.523 bits per heavy atom. The minimum Gasteiger partial charge on any atom is -0.367 e. The summed E-state index contributed by atoms with van der Waals surface area (Å²) < 4.78 is 0. The van der Waals surface area contributed by atoms with E-state index in [4.69, 9.17) is 0 Å². The van der Waals surface area contributed by atoms with E-state index in [1.165, 1.54) is 36.8 Å². The molecular formula is C38H40N4O2. The molecule has 0 aliphatic carbocycles.